The third-order valence-electron chi connectivity index (χ3n) is 4.09. The van der Waals surface area contributed by atoms with E-state index < -0.39 is 8.07 Å². The van der Waals surface area contributed by atoms with E-state index in [1.807, 2.05) is 0 Å². The van der Waals surface area contributed by atoms with Crippen LogP contribution in [0.4, 0.5) is 0 Å². The normalized spacial score (nSPS) is 12.5. The van der Waals surface area contributed by atoms with Crippen molar-refractivity contribution in [3.63, 3.8) is 0 Å². The van der Waals surface area contributed by atoms with Gasteiger partial charge in [0.15, 0.2) is 0 Å². The number of nitrogens with zero attached hydrogens (tertiary/aromatic N) is 1. The first kappa shape index (κ1) is 12.6. The van der Waals surface area contributed by atoms with Crippen LogP contribution >= 0.6 is 0 Å². The number of aromatic nitrogens is 2. The van der Waals surface area contributed by atoms with Crippen LogP contribution in [-0.4, -0.2) is 18.0 Å². The number of hydrogen-bond donors (Lipinski definition) is 1. The van der Waals surface area contributed by atoms with Crippen LogP contribution in [0, 0.1) is 0 Å². The molecule has 2 nitrogen and oxygen atoms in total. The smallest absolute Gasteiger partial charge is 0.138 e. The zero-order valence-electron chi connectivity index (χ0n) is 12.6. The summed E-state index contributed by atoms with van der Waals surface area (Å²) in [7, 11) is -1.50. The van der Waals surface area contributed by atoms with Crippen LogP contribution in [0.1, 0.15) is 0 Å². The maximum atomic E-state index is 4.86. The monoisotopic (exact) mass is 290 g/mol. The van der Waals surface area contributed by atoms with Crippen molar-refractivity contribution >= 4 is 46.1 Å². The van der Waals surface area contributed by atoms with Gasteiger partial charge in [-0.2, -0.15) is 0 Å². The molecule has 1 N–H and O–H groups in total. The second kappa shape index (κ2) is 4.18. The van der Waals surface area contributed by atoms with Crippen LogP contribution in [0.25, 0.3) is 32.8 Å². The van der Waals surface area contributed by atoms with E-state index in [9.17, 15) is 0 Å². The summed E-state index contributed by atoms with van der Waals surface area (Å²) in [6.45, 7) is 7.24. The summed E-state index contributed by atoms with van der Waals surface area (Å²) in [6.07, 6.45) is 0. The number of benzene rings is 2. The molecule has 0 aliphatic carbocycles. The quantitative estimate of drug-likeness (QED) is 0.517. The molecule has 0 fully saturated rings. The van der Waals surface area contributed by atoms with E-state index in [0.717, 1.165) is 11.2 Å². The van der Waals surface area contributed by atoms with Crippen molar-refractivity contribution in [3.8, 4) is 0 Å². The van der Waals surface area contributed by atoms with Crippen molar-refractivity contribution < 1.29 is 0 Å². The summed E-state index contributed by atoms with van der Waals surface area (Å²) >= 11 is 0. The van der Waals surface area contributed by atoms with Gasteiger partial charge in [-0.1, -0.05) is 56.0 Å². The highest BCUT2D eigenvalue weighted by molar-refractivity contribution is 6.92. The van der Waals surface area contributed by atoms with Crippen molar-refractivity contribution in [2.45, 2.75) is 19.6 Å². The Morgan fingerprint density at radius 2 is 1.52 bits per heavy atom. The number of fused-ring (bicyclic) bond motifs is 4. The van der Waals surface area contributed by atoms with Crippen molar-refractivity contribution in [1.82, 2.24) is 9.97 Å². The van der Waals surface area contributed by atoms with Crippen LogP contribution < -0.4 is 5.19 Å². The Kier molecular flexibility index (Phi) is 2.51. The van der Waals surface area contributed by atoms with Crippen molar-refractivity contribution in [3.05, 3.63) is 48.5 Å². The first-order valence-corrected chi connectivity index (χ1v) is 10.9. The van der Waals surface area contributed by atoms with Crippen molar-refractivity contribution in [1.29, 1.82) is 0 Å². The van der Waals surface area contributed by atoms with Crippen LogP contribution in [0.2, 0.25) is 19.6 Å². The largest absolute Gasteiger partial charge is 0.339 e. The molecule has 0 bridgehead atoms. The Labute approximate surface area is 124 Å². The van der Waals surface area contributed by atoms with Gasteiger partial charge in [-0.15, -0.1) is 0 Å². The predicted octanol–water partition coefficient (Wildman–Crippen LogP) is 4.41. The van der Waals surface area contributed by atoms with Gasteiger partial charge >= 0.3 is 0 Å². The van der Waals surface area contributed by atoms with E-state index in [0.29, 0.717) is 0 Å². The van der Waals surface area contributed by atoms with Gasteiger partial charge in [-0.05, 0) is 17.3 Å². The van der Waals surface area contributed by atoms with E-state index in [1.54, 1.807) is 0 Å². The van der Waals surface area contributed by atoms with Crippen LogP contribution in [-0.2, 0) is 0 Å². The van der Waals surface area contributed by atoms with Crippen LogP contribution in [0.15, 0.2) is 48.5 Å². The zero-order chi connectivity index (χ0) is 14.6. The first-order chi connectivity index (χ1) is 10.1. The lowest BCUT2D eigenvalue weighted by molar-refractivity contribution is 1.41. The van der Waals surface area contributed by atoms with E-state index in [-0.39, 0.29) is 0 Å². The molecule has 0 aliphatic heterocycles. The average Bonchev–Trinajstić information content (AvgIpc) is 2.81. The maximum Gasteiger partial charge on any atom is 0.138 e. The summed E-state index contributed by atoms with van der Waals surface area (Å²) in [6, 6.07) is 17.0. The Bertz CT molecular complexity index is 977. The molecule has 2 heterocycles. The SMILES string of the molecule is C[Si](C)(C)c1c2ccccc2nc2[nH]c3ccccc3c12. The van der Waals surface area contributed by atoms with Gasteiger partial charge in [0.1, 0.15) is 5.65 Å². The van der Waals surface area contributed by atoms with Crippen molar-refractivity contribution in [2.24, 2.45) is 0 Å². The molecule has 21 heavy (non-hydrogen) atoms. The fraction of sp³-hybridized carbons (Fsp3) is 0.167. The maximum absolute atomic E-state index is 4.86. The summed E-state index contributed by atoms with van der Waals surface area (Å²) in [5.41, 5.74) is 3.29. The van der Waals surface area contributed by atoms with Gasteiger partial charge in [0.05, 0.1) is 13.6 Å². The summed E-state index contributed by atoms with van der Waals surface area (Å²) < 4.78 is 0. The lowest BCUT2D eigenvalue weighted by atomic mass is 10.1. The molecule has 4 rings (SSSR count). The molecule has 0 radical (unpaired) electrons. The molecular formula is C18H18N2Si. The molecule has 104 valence electrons. The third-order valence-corrected chi connectivity index (χ3v) is 6.11. The molecule has 0 amide bonds. The Morgan fingerprint density at radius 3 is 2.29 bits per heavy atom. The fourth-order valence-corrected chi connectivity index (χ4v) is 5.30. The summed E-state index contributed by atoms with van der Waals surface area (Å²) in [4.78, 5) is 8.35. The molecule has 4 aromatic rings. The number of pyridine rings is 1. The van der Waals surface area contributed by atoms with Crippen LogP contribution in [0.5, 0.6) is 0 Å². The molecule has 2 aromatic carbocycles. The Hall–Kier alpha value is -2.13. The molecular weight excluding hydrogens is 272 g/mol. The molecule has 0 saturated heterocycles. The molecule has 0 saturated carbocycles. The number of rotatable bonds is 1. The fourth-order valence-electron chi connectivity index (χ4n) is 3.28. The highest BCUT2D eigenvalue weighted by Gasteiger charge is 2.25. The minimum Gasteiger partial charge on any atom is -0.339 e. The second-order valence-corrected chi connectivity index (χ2v) is 11.6. The number of H-pyrrole nitrogens is 1. The minimum absolute atomic E-state index is 1.02. The third kappa shape index (κ3) is 1.81. The average molecular weight is 290 g/mol. The van der Waals surface area contributed by atoms with E-state index >= 15 is 0 Å². The van der Waals surface area contributed by atoms with E-state index in [4.69, 9.17) is 4.98 Å². The topological polar surface area (TPSA) is 28.7 Å². The lowest BCUT2D eigenvalue weighted by Gasteiger charge is -2.20. The first-order valence-electron chi connectivity index (χ1n) is 7.35. The number of para-hydroxylation sites is 2. The standard InChI is InChI=1S/C18H18N2Si/c1-21(2,3)17-13-9-5-7-11-15(13)20-18-16(17)12-8-4-6-10-14(12)19-18/h4-11H,1-3H3,(H,19,20). The van der Waals surface area contributed by atoms with E-state index in [1.165, 1.54) is 26.9 Å². The number of aromatic amines is 1. The van der Waals surface area contributed by atoms with Gasteiger partial charge in [0, 0.05) is 21.7 Å². The van der Waals surface area contributed by atoms with Gasteiger partial charge < -0.3 is 4.98 Å². The molecule has 2 aromatic heterocycles. The lowest BCUT2D eigenvalue weighted by Crippen LogP contribution is -2.38. The molecule has 0 atom stereocenters. The molecule has 0 spiro atoms. The minimum atomic E-state index is -1.50. The predicted molar refractivity (Wildman–Crippen MR) is 94.1 cm³/mol. The van der Waals surface area contributed by atoms with Gasteiger partial charge in [0.2, 0.25) is 0 Å². The summed E-state index contributed by atoms with van der Waals surface area (Å²) in [5, 5.41) is 5.45. The van der Waals surface area contributed by atoms with Gasteiger partial charge in [-0.25, -0.2) is 4.98 Å². The summed E-state index contributed by atoms with van der Waals surface area (Å²) in [5.74, 6) is 0. The zero-order valence-corrected chi connectivity index (χ0v) is 13.6. The number of hydrogen-bond acceptors (Lipinski definition) is 1. The Morgan fingerprint density at radius 1 is 0.857 bits per heavy atom. The molecule has 3 heteroatoms. The van der Waals surface area contributed by atoms with Crippen LogP contribution in [0.3, 0.4) is 0 Å². The highest BCUT2D eigenvalue weighted by Crippen LogP contribution is 2.28. The number of nitrogens with one attached hydrogen (secondary N) is 1. The molecule has 0 aliphatic rings. The highest BCUT2D eigenvalue weighted by atomic mass is 28.3. The Balaban J connectivity index is 2.34. The van der Waals surface area contributed by atoms with Gasteiger partial charge in [0.25, 0.3) is 0 Å². The second-order valence-electron chi connectivity index (χ2n) is 6.65. The van der Waals surface area contributed by atoms with Crippen molar-refractivity contribution in [2.75, 3.05) is 0 Å². The van der Waals surface area contributed by atoms with Gasteiger partial charge in [-0.3, -0.25) is 0 Å². The molecule has 0 unspecified atom stereocenters. The van der Waals surface area contributed by atoms with E-state index in [2.05, 4.69) is 73.2 Å².